The second-order valence-corrected chi connectivity index (χ2v) is 10.1. The minimum absolute atomic E-state index is 0.0286. The van der Waals surface area contributed by atoms with Crippen LogP contribution in [0.1, 0.15) is 27.5 Å². The Labute approximate surface area is 249 Å². The number of alkyl halides is 7. The summed E-state index contributed by atoms with van der Waals surface area (Å²) >= 11 is 0. The third-order valence-electron chi connectivity index (χ3n) is 7.23. The summed E-state index contributed by atoms with van der Waals surface area (Å²) in [5.74, 6) is -4.85. The molecule has 0 spiro atoms. The number of ether oxygens (including phenoxy) is 3. The number of carbonyl (C=O) groups excluding carboxylic acids is 1. The van der Waals surface area contributed by atoms with Gasteiger partial charge in [-0.3, -0.25) is 4.79 Å². The summed E-state index contributed by atoms with van der Waals surface area (Å²) in [5.41, 5.74) is -2.95. The molecular formula is C29H22F8N4O4. The molecule has 4 aromatic rings. The number of amides is 1. The monoisotopic (exact) mass is 642 g/mol. The molecule has 3 heterocycles. The molecule has 5 rings (SSSR count). The maximum atomic E-state index is 14.5. The molecule has 1 atom stereocenters. The Morgan fingerprint density at radius 1 is 1.07 bits per heavy atom. The number of methoxy groups -OCH3 is 1. The van der Waals surface area contributed by atoms with Crippen LogP contribution in [0, 0.1) is 5.82 Å². The molecular weight excluding hydrogens is 620 g/mol. The van der Waals surface area contributed by atoms with Gasteiger partial charge < -0.3 is 19.5 Å². The van der Waals surface area contributed by atoms with Crippen molar-refractivity contribution in [2.45, 2.75) is 24.1 Å². The number of nitrogens with one attached hydrogen (secondary N) is 1. The standard InChI is InChI=1S/C29H22F8N4O4/c1-43-21-7-16(6-15-8-22(45-27(33)34)40-41-23(15)21)26(42)38-10-19(29(35,36)37)20-9-18-25(44-13-28(18,11-30)12-31)24(39-20)14-2-4-17(32)5-3-14/h2-9,19,27H,10-13H2,1H3,(H,38,42). The highest BCUT2D eigenvalue weighted by atomic mass is 19.4. The largest absolute Gasteiger partial charge is 0.494 e. The Kier molecular flexibility index (Phi) is 8.67. The van der Waals surface area contributed by atoms with Gasteiger partial charge in [0.2, 0.25) is 5.88 Å². The van der Waals surface area contributed by atoms with Crippen LogP contribution in [0.3, 0.4) is 0 Å². The van der Waals surface area contributed by atoms with Crippen molar-refractivity contribution in [3.8, 4) is 28.6 Å². The lowest BCUT2D eigenvalue weighted by Gasteiger charge is -2.24. The van der Waals surface area contributed by atoms with Crippen LogP contribution >= 0.6 is 0 Å². The Morgan fingerprint density at radius 2 is 1.78 bits per heavy atom. The van der Waals surface area contributed by atoms with Crippen molar-refractivity contribution in [1.29, 1.82) is 0 Å². The molecule has 0 aliphatic carbocycles. The fraction of sp³-hybridized carbons (Fsp3) is 0.310. The lowest BCUT2D eigenvalue weighted by molar-refractivity contribution is -0.149. The van der Waals surface area contributed by atoms with E-state index in [4.69, 9.17) is 9.47 Å². The zero-order valence-corrected chi connectivity index (χ0v) is 23.1. The molecule has 0 radical (unpaired) electrons. The fourth-order valence-electron chi connectivity index (χ4n) is 4.85. The number of carbonyl (C=O) groups is 1. The van der Waals surface area contributed by atoms with Crippen molar-refractivity contribution in [3.63, 3.8) is 0 Å². The average Bonchev–Trinajstić information content (AvgIpc) is 3.38. The highest BCUT2D eigenvalue weighted by molar-refractivity contribution is 6.00. The fourth-order valence-corrected chi connectivity index (χ4v) is 4.85. The number of rotatable bonds is 10. The first-order valence-electron chi connectivity index (χ1n) is 13.1. The zero-order valence-electron chi connectivity index (χ0n) is 23.1. The van der Waals surface area contributed by atoms with Crippen molar-refractivity contribution >= 4 is 16.8 Å². The predicted molar refractivity (Wildman–Crippen MR) is 143 cm³/mol. The molecule has 2 aromatic carbocycles. The van der Waals surface area contributed by atoms with Crippen LogP contribution in [0.25, 0.3) is 22.2 Å². The minimum atomic E-state index is -5.01. The quantitative estimate of drug-likeness (QED) is 0.210. The van der Waals surface area contributed by atoms with E-state index < -0.39 is 73.9 Å². The first-order valence-corrected chi connectivity index (χ1v) is 13.1. The summed E-state index contributed by atoms with van der Waals surface area (Å²) in [6, 6.07) is 8.81. The Balaban J connectivity index is 1.52. The van der Waals surface area contributed by atoms with E-state index in [2.05, 4.69) is 25.2 Å². The van der Waals surface area contributed by atoms with Gasteiger partial charge in [0.05, 0.1) is 18.2 Å². The number of hydrogen-bond acceptors (Lipinski definition) is 7. The average molecular weight is 643 g/mol. The second kappa shape index (κ2) is 12.3. The summed E-state index contributed by atoms with van der Waals surface area (Å²) < 4.78 is 126. The lowest BCUT2D eigenvalue weighted by Crippen LogP contribution is -2.36. The highest BCUT2D eigenvalue weighted by Gasteiger charge is 2.47. The van der Waals surface area contributed by atoms with Crippen molar-refractivity contribution in [1.82, 2.24) is 20.5 Å². The van der Waals surface area contributed by atoms with Crippen LogP contribution in [0.5, 0.6) is 17.4 Å². The maximum Gasteiger partial charge on any atom is 0.398 e. The van der Waals surface area contributed by atoms with Crippen LogP contribution < -0.4 is 19.5 Å². The molecule has 1 N–H and O–H groups in total. The number of hydrogen-bond donors (Lipinski definition) is 1. The Hall–Kier alpha value is -4.76. The lowest BCUT2D eigenvalue weighted by atomic mass is 9.83. The predicted octanol–water partition coefficient (Wildman–Crippen LogP) is 6.09. The smallest absolute Gasteiger partial charge is 0.398 e. The van der Waals surface area contributed by atoms with E-state index in [1.807, 2.05) is 0 Å². The van der Waals surface area contributed by atoms with Gasteiger partial charge in [-0.2, -0.15) is 22.0 Å². The van der Waals surface area contributed by atoms with Gasteiger partial charge in [-0.05, 0) is 42.5 Å². The normalized spacial score (nSPS) is 14.6. The molecule has 238 valence electrons. The summed E-state index contributed by atoms with van der Waals surface area (Å²) in [6.45, 7) is -7.35. The number of aromatic nitrogens is 3. The first-order chi connectivity index (χ1) is 21.4. The summed E-state index contributed by atoms with van der Waals surface area (Å²) in [4.78, 5) is 17.2. The van der Waals surface area contributed by atoms with Crippen LogP contribution in [0.15, 0.2) is 48.5 Å². The van der Waals surface area contributed by atoms with Crippen LogP contribution in [0.4, 0.5) is 35.1 Å². The topological polar surface area (TPSA) is 95.5 Å². The molecule has 1 amide bonds. The van der Waals surface area contributed by atoms with Gasteiger partial charge in [0.15, 0.2) is 0 Å². The van der Waals surface area contributed by atoms with E-state index >= 15 is 0 Å². The summed E-state index contributed by atoms with van der Waals surface area (Å²) in [6.07, 6.45) is -5.01. The molecule has 0 fully saturated rings. The second-order valence-electron chi connectivity index (χ2n) is 10.1. The molecule has 8 nitrogen and oxygen atoms in total. The van der Waals surface area contributed by atoms with E-state index in [0.29, 0.717) is 0 Å². The molecule has 16 heteroatoms. The minimum Gasteiger partial charge on any atom is -0.494 e. The van der Waals surface area contributed by atoms with Gasteiger partial charge in [0.25, 0.3) is 5.91 Å². The van der Waals surface area contributed by atoms with Crippen molar-refractivity contribution < 1.29 is 54.1 Å². The van der Waals surface area contributed by atoms with E-state index in [9.17, 15) is 39.9 Å². The molecule has 0 saturated heterocycles. The Bertz CT molecular complexity index is 1720. The number of pyridine rings is 1. The first kappa shape index (κ1) is 31.7. The third kappa shape index (κ3) is 6.26. The number of fused-ring (bicyclic) bond motifs is 2. The van der Waals surface area contributed by atoms with Gasteiger partial charge in [-0.25, -0.2) is 18.2 Å². The molecule has 0 saturated carbocycles. The van der Waals surface area contributed by atoms with E-state index in [1.54, 1.807) is 0 Å². The van der Waals surface area contributed by atoms with E-state index in [-0.39, 0.29) is 44.8 Å². The van der Waals surface area contributed by atoms with Crippen molar-refractivity contribution in [2.24, 2.45) is 0 Å². The van der Waals surface area contributed by atoms with Gasteiger partial charge >= 0.3 is 12.8 Å². The number of halogens is 8. The van der Waals surface area contributed by atoms with E-state index in [1.165, 1.54) is 19.2 Å². The van der Waals surface area contributed by atoms with Crippen LogP contribution in [0.2, 0.25) is 0 Å². The number of nitrogens with zero attached hydrogens (tertiary/aromatic N) is 3. The Morgan fingerprint density at radius 3 is 2.40 bits per heavy atom. The van der Waals surface area contributed by atoms with E-state index in [0.717, 1.165) is 36.4 Å². The molecule has 2 aromatic heterocycles. The van der Waals surface area contributed by atoms with Gasteiger partial charge in [-0.15, -0.1) is 10.2 Å². The van der Waals surface area contributed by atoms with Gasteiger partial charge in [0, 0.05) is 34.7 Å². The van der Waals surface area contributed by atoms with Gasteiger partial charge in [-0.1, -0.05) is 0 Å². The molecule has 45 heavy (non-hydrogen) atoms. The zero-order chi connectivity index (χ0) is 32.5. The highest BCUT2D eigenvalue weighted by Crippen LogP contribution is 2.47. The molecule has 0 bridgehead atoms. The summed E-state index contributed by atoms with van der Waals surface area (Å²) in [7, 11) is 1.22. The van der Waals surface area contributed by atoms with Crippen molar-refractivity contribution in [2.75, 3.05) is 33.6 Å². The van der Waals surface area contributed by atoms with Gasteiger partial charge in [0.1, 0.15) is 54.4 Å². The molecule has 1 unspecified atom stereocenters. The molecule has 1 aliphatic rings. The van der Waals surface area contributed by atoms with Crippen LogP contribution in [-0.4, -0.2) is 67.5 Å². The van der Waals surface area contributed by atoms with Crippen LogP contribution in [-0.2, 0) is 5.41 Å². The summed E-state index contributed by atoms with van der Waals surface area (Å²) in [5, 5.41) is 9.47. The maximum absolute atomic E-state index is 14.5. The SMILES string of the molecule is COc1cc(C(=O)NCC(c2cc3c(c(-c4ccc(F)cc4)n2)OCC3(CF)CF)C(F)(F)F)cc2cc(OC(F)F)nnc12. The molecule has 1 aliphatic heterocycles. The van der Waals surface area contributed by atoms with Crippen molar-refractivity contribution in [3.05, 3.63) is 71.2 Å². The number of benzene rings is 2. The third-order valence-corrected chi connectivity index (χ3v) is 7.23.